The second-order valence-electron chi connectivity index (χ2n) is 4.47. The number of anilines is 1. The lowest BCUT2D eigenvalue weighted by Gasteiger charge is -2.10. The minimum absolute atomic E-state index is 0.0265. The fourth-order valence-electron chi connectivity index (χ4n) is 1.97. The van der Waals surface area contributed by atoms with Crippen LogP contribution >= 0.6 is 23.2 Å². The molecule has 0 radical (unpaired) electrons. The van der Waals surface area contributed by atoms with E-state index in [-0.39, 0.29) is 28.5 Å². The van der Waals surface area contributed by atoms with Crippen LogP contribution in [0, 0.1) is 0 Å². The second-order valence-corrected chi connectivity index (χ2v) is 5.32. The number of nitrogens with two attached hydrogens (primary N) is 2. The lowest BCUT2D eigenvalue weighted by atomic mass is 9.97. The van der Waals surface area contributed by atoms with E-state index in [1.807, 2.05) is 0 Å². The van der Waals surface area contributed by atoms with Crippen molar-refractivity contribution in [2.24, 2.45) is 5.73 Å². The summed E-state index contributed by atoms with van der Waals surface area (Å²) in [6.07, 6.45) is -0.0265. The molecule has 0 unspecified atom stereocenters. The van der Waals surface area contributed by atoms with Crippen molar-refractivity contribution in [2.45, 2.75) is 6.42 Å². The number of hydrogen-bond acceptors (Lipinski definition) is 3. The molecule has 108 valence electrons. The van der Waals surface area contributed by atoms with Crippen LogP contribution in [0.2, 0.25) is 10.0 Å². The molecule has 0 aromatic heterocycles. The van der Waals surface area contributed by atoms with Crippen LogP contribution in [0.1, 0.15) is 21.5 Å². The van der Waals surface area contributed by atoms with E-state index in [0.717, 1.165) is 0 Å². The van der Waals surface area contributed by atoms with Gasteiger partial charge in [-0.25, -0.2) is 0 Å². The number of primary amides is 1. The van der Waals surface area contributed by atoms with Gasteiger partial charge in [-0.1, -0.05) is 35.3 Å². The summed E-state index contributed by atoms with van der Waals surface area (Å²) in [6.45, 7) is 0. The third-order valence-electron chi connectivity index (χ3n) is 2.98. The van der Waals surface area contributed by atoms with E-state index in [1.165, 1.54) is 12.1 Å². The molecule has 2 aromatic rings. The third kappa shape index (κ3) is 3.35. The zero-order chi connectivity index (χ0) is 15.6. The Bertz CT molecular complexity index is 730. The van der Waals surface area contributed by atoms with Crippen LogP contribution in [-0.2, 0) is 11.2 Å². The van der Waals surface area contributed by atoms with E-state index in [1.54, 1.807) is 24.3 Å². The molecule has 21 heavy (non-hydrogen) atoms. The molecule has 0 atom stereocenters. The van der Waals surface area contributed by atoms with E-state index in [9.17, 15) is 9.59 Å². The first-order valence-corrected chi connectivity index (χ1v) is 6.81. The number of benzene rings is 2. The van der Waals surface area contributed by atoms with Crippen molar-refractivity contribution >= 4 is 40.6 Å². The van der Waals surface area contributed by atoms with E-state index < -0.39 is 5.91 Å². The number of ketones is 1. The van der Waals surface area contributed by atoms with Gasteiger partial charge in [-0.05, 0) is 29.8 Å². The Morgan fingerprint density at radius 2 is 1.76 bits per heavy atom. The fraction of sp³-hybridized carbons (Fsp3) is 0.0667. The van der Waals surface area contributed by atoms with Gasteiger partial charge in [-0.15, -0.1) is 0 Å². The predicted octanol–water partition coefficient (Wildman–Crippen LogP) is 2.83. The maximum Gasteiger partial charge on any atom is 0.221 e. The van der Waals surface area contributed by atoms with Crippen molar-refractivity contribution in [2.75, 3.05) is 5.73 Å². The first-order chi connectivity index (χ1) is 9.90. The summed E-state index contributed by atoms with van der Waals surface area (Å²) < 4.78 is 0. The molecule has 0 aliphatic carbocycles. The first-order valence-electron chi connectivity index (χ1n) is 6.05. The number of carbonyl (C=O) groups is 2. The summed E-state index contributed by atoms with van der Waals surface area (Å²) in [5.74, 6) is -0.851. The van der Waals surface area contributed by atoms with Gasteiger partial charge in [0.05, 0.1) is 11.4 Å². The van der Waals surface area contributed by atoms with Crippen LogP contribution in [0.5, 0.6) is 0 Å². The highest BCUT2D eigenvalue weighted by Gasteiger charge is 2.17. The van der Waals surface area contributed by atoms with Crippen molar-refractivity contribution < 1.29 is 9.59 Å². The molecule has 0 spiro atoms. The Morgan fingerprint density at radius 1 is 1.05 bits per heavy atom. The van der Waals surface area contributed by atoms with Gasteiger partial charge in [0.15, 0.2) is 5.78 Å². The molecule has 0 heterocycles. The van der Waals surface area contributed by atoms with Crippen LogP contribution in [-0.4, -0.2) is 11.7 Å². The van der Waals surface area contributed by atoms with Gasteiger partial charge in [-0.2, -0.15) is 0 Å². The standard InChI is InChI=1S/C15H12Cl2N2O2/c16-9-4-5-10(12(17)7-9)15(21)11-3-1-2-8(14(11)19)6-13(18)20/h1-5,7H,6,19H2,(H2,18,20). The van der Waals surface area contributed by atoms with Crippen LogP contribution in [0.15, 0.2) is 36.4 Å². The van der Waals surface area contributed by atoms with Crippen LogP contribution < -0.4 is 11.5 Å². The van der Waals surface area contributed by atoms with Crippen molar-refractivity contribution in [1.29, 1.82) is 0 Å². The lowest BCUT2D eigenvalue weighted by molar-refractivity contribution is -0.117. The van der Waals surface area contributed by atoms with E-state index in [4.69, 9.17) is 34.7 Å². The Hall–Kier alpha value is -2.04. The third-order valence-corrected chi connectivity index (χ3v) is 3.53. The molecule has 0 fully saturated rings. The average Bonchev–Trinajstić information content (AvgIpc) is 2.40. The summed E-state index contributed by atoms with van der Waals surface area (Å²) in [5, 5.41) is 0.680. The summed E-state index contributed by atoms with van der Waals surface area (Å²) in [6, 6.07) is 9.47. The van der Waals surface area contributed by atoms with E-state index in [0.29, 0.717) is 16.1 Å². The van der Waals surface area contributed by atoms with Gasteiger partial charge in [0.1, 0.15) is 0 Å². The predicted molar refractivity (Wildman–Crippen MR) is 83.6 cm³/mol. The molecule has 4 nitrogen and oxygen atoms in total. The highest BCUT2D eigenvalue weighted by molar-refractivity contribution is 6.37. The number of carbonyl (C=O) groups excluding carboxylic acids is 2. The molecule has 0 aliphatic rings. The van der Waals surface area contributed by atoms with Crippen LogP contribution in [0.25, 0.3) is 0 Å². The Kier molecular flexibility index (Phi) is 4.50. The molecule has 1 amide bonds. The Labute approximate surface area is 131 Å². The smallest absolute Gasteiger partial charge is 0.221 e. The molecule has 0 aliphatic heterocycles. The zero-order valence-corrected chi connectivity index (χ0v) is 12.4. The molecule has 0 saturated heterocycles. The van der Waals surface area contributed by atoms with Crippen molar-refractivity contribution in [3.63, 3.8) is 0 Å². The average molecular weight is 323 g/mol. The zero-order valence-electron chi connectivity index (χ0n) is 10.9. The molecule has 6 heteroatoms. The molecular weight excluding hydrogens is 311 g/mol. The SMILES string of the molecule is NC(=O)Cc1cccc(C(=O)c2ccc(Cl)cc2Cl)c1N. The highest BCUT2D eigenvalue weighted by Crippen LogP contribution is 2.27. The summed E-state index contributed by atoms with van der Waals surface area (Å²) in [7, 11) is 0. The van der Waals surface area contributed by atoms with Crippen molar-refractivity contribution in [3.8, 4) is 0 Å². The minimum Gasteiger partial charge on any atom is -0.398 e. The summed E-state index contributed by atoms with van der Waals surface area (Å²) in [4.78, 5) is 23.5. The van der Waals surface area contributed by atoms with Gasteiger partial charge in [0, 0.05) is 21.8 Å². The Morgan fingerprint density at radius 3 is 2.38 bits per heavy atom. The molecule has 0 saturated carbocycles. The number of para-hydroxylation sites is 1. The van der Waals surface area contributed by atoms with E-state index >= 15 is 0 Å². The van der Waals surface area contributed by atoms with Crippen molar-refractivity contribution in [3.05, 3.63) is 63.1 Å². The molecule has 0 bridgehead atoms. The topological polar surface area (TPSA) is 86.2 Å². The monoisotopic (exact) mass is 322 g/mol. The van der Waals surface area contributed by atoms with E-state index in [2.05, 4.69) is 0 Å². The summed E-state index contributed by atoms with van der Waals surface area (Å²) in [5.41, 5.74) is 12.4. The largest absolute Gasteiger partial charge is 0.398 e. The number of hydrogen-bond donors (Lipinski definition) is 2. The van der Waals surface area contributed by atoms with Crippen LogP contribution in [0.3, 0.4) is 0 Å². The van der Waals surface area contributed by atoms with Gasteiger partial charge in [-0.3, -0.25) is 9.59 Å². The summed E-state index contributed by atoms with van der Waals surface area (Å²) >= 11 is 11.8. The van der Waals surface area contributed by atoms with Crippen molar-refractivity contribution in [1.82, 2.24) is 0 Å². The molecular formula is C15H12Cl2N2O2. The number of halogens is 2. The quantitative estimate of drug-likeness (QED) is 0.670. The lowest BCUT2D eigenvalue weighted by Crippen LogP contribution is -2.16. The number of amides is 1. The fourth-order valence-corrected chi connectivity index (χ4v) is 2.47. The maximum atomic E-state index is 12.5. The Balaban J connectivity index is 2.46. The molecule has 2 rings (SSSR count). The van der Waals surface area contributed by atoms with Gasteiger partial charge >= 0.3 is 0 Å². The molecule has 4 N–H and O–H groups in total. The molecule has 2 aromatic carbocycles. The first kappa shape index (κ1) is 15.4. The van der Waals surface area contributed by atoms with Crippen LogP contribution in [0.4, 0.5) is 5.69 Å². The minimum atomic E-state index is -0.518. The number of nitrogen functional groups attached to an aromatic ring is 1. The van der Waals surface area contributed by atoms with Gasteiger partial charge in [0.2, 0.25) is 5.91 Å². The highest BCUT2D eigenvalue weighted by atomic mass is 35.5. The number of rotatable bonds is 4. The van der Waals surface area contributed by atoms with Gasteiger partial charge in [0.25, 0.3) is 0 Å². The second kappa shape index (κ2) is 6.16. The normalized spacial score (nSPS) is 10.4. The van der Waals surface area contributed by atoms with Gasteiger partial charge < -0.3 is 11.5 Å². The maximum absolute atomic E-state index is 12.5.